The highest BCUT2D eigenvalue weighted by Crippen LogP contribution is 2.22. The first kappa shape index (κ1) is 22.0. The van der Waals surface area contributed by atoms with Gasteiger partial charge in [-0.05, 0) is 55.1 Å². The molecule has 2 rings (SSSR count). The number of methoxy groups -OCH3 is 1. The first-order valence-electron chi connectivity index (χ1n) is 7.76. The monoisotopic (exact) mass is 393 g/mol. The number of hydrogen-bond acceptors (Lipinski definition) is 5. The van der Waals surface area contributed by atoms with Crippen molar-refractivity contribution in [1.29, 1.82) is 0 Å². The van der Waals surface area contributed by atoms with E-state index in [2.05, 4.69) is 17.0 Å². The van der Waals surface area contributed by atoms with Crippen molar-refractivity contribution in [1.82, 2.24) is 0 Å². The van der Waals surface area contributed by atoms with Gasteiger partial charge >= 0.3 is 5.91 Å². The topological polar surface area (TPSA) is 96.9 Å². The molecular formula is C19H21ClFN3O3. The maximum Gasteiger partial charge on any atom is 0.312 e. The zero-order valence-electron chi connectivity index (χ0n) is 15.0. The first-order valence-corrected chi connectivity index (χ1v) is 8.14. The smallest absolute Gasteiger partial charge is 0.312 e. The molecule has 0 spiro atoms. The molecule has 2 aromatic rings. The fourth-order valence-corrected chi connectivity index (χ4v) is 2.16. The maximum absolute atomic E-state index is 13.0. The maximum atomic E-state index is 13.0. The van der Waals surface area contributed by atoms with Gasteiger partial charge in [0.25, 0.3) is 0 Å². The molecule has 0 heterocycles. The molecule has 0 radical (unpaired) electrons. The Bertz CT molecular complexity index is 841. The van der Waals surface area contributed by atoms with Crippen molar-refractivity contribution in [2.75, 3.05) is 12.4 Å². The molecule has 0 aliphatic carbocycles. The van der Waals surface area contributed by atoms with Gasteiger partial charge in [0.2, 0.25) is 0 Å². The van der Waals surface area contributed by atoms with Crippen LogP contribution in [0.15, 0.2) is 53.3 Å². The second kappa shape index (κ2) is 10.8. The molecule has 0 aliphatic heterocycles. The van der Waals surface area contributed by atoms with Gasteiger partial charge in [0.05, 0.1) is 12.1 Å². The molecule has 0 aromatic heterocycles. The molecule has 144 valence electrons. The largest absolute Gasteiger partial charge is 0.502 e. The van der Waals surface area contributed by atoms with Crippen molar-refractivity contribution >= 4 is 29.9 Å². The molecule has 27 heavy (non-hydrogen) atoms. The molecule has 4 N–H and O–H groups in total. The van der Waals surface area contributed by atoms with E-state index >= 15 is 0 Å². The molecule has 0 fully saturated rings. The summed E-state index contributed by atoms with van der Waals surface area (Å²) >= 11 is 5.75. The van der Waals surface area contributed by atoms with E-state index in [-0.39, 0.29) is 5.02 Å². The van der Waals surface area contributed by atoms with Gasteiger partial charge in [-0.25, -0.2) is 9.38 Å². The average molecular weight is 394 g/mol. The minimum absolute atomic E-state index is 0.144. The summed E-state index contributed by atoms with van der Waals surface area (Å²) in [5.41, 5.74) is 7.77. The van der Waals surface area contributed by atoms with Gasteiger partial charge in [-0.1, -0.05) is 17.7 Å². The van der Waals surface area contributed by atoms with Crippen LogP contribution in [0.5, 0.6) is 5.75 Å². The zero-order chi connectivity index (χ0) is 20.4. The molecule has 8 heteroatoms. The lowest BCUT2D eigenvalue weighted by Gasteiger charge is -2.11. The molecule has 0 atom stereocenters. The molecule has 0 unspecified atom stereocenters. The number of carbonyl (C=O) groups excluding carboxylic acids is 1. The van der Waals surface area contributed by atoms with Crippen LogP contribution in [0.25, 0.3) is 0 Å². The van der Waals surface area contributed by atoms with E-state index in [1.165, 1.54) is 6.07 Å². The number of aliphatic hydroxyl groups is 1. The Morgan fingerprint density at radius 1 is 1.41 bits per heavy atom. The molecule has 0 aliphatic rings. The molecule has 0 saturated carbocycles. The number of nitrogens with one attached hydrogen (secondary N) is 1. The van der Waals surface area contributed by atoms with Crippen molar-refractivity contribution in [3.05, 3.63) is 70.3 Å². The summed E-state index contributed by atoms with van der Waals surface area (Å²) in [5.74, 6) is -0.966. The van der Waals surface area contributed by atoms with E-state index in [0.29, 0.717) is 6.54 Å². The van der Waals surface area contributed by atoms with E-state index in [0.717, 1.165) is 28.8 Å². The molecular weight excluding hydrogens is 373 g/mol. The summed E-state index contributed by atoms with van der Waals surface area (Å²) in [5, 5.41) is 11.8. The number of hydrogen-bond donors (Lipinski definition) is 3. The van der Waals surface area contributed by atoms with Crippen molar-refractivity contribution in [3.63, 3.8) is 0 Å². The van der Waals surface area contributed by atoms with E-state index in [1.54, 1.807) is 19.2 Å². The lowest BCUT2D eigenvalue weighted by atomic mass is 10.1. The Morgan fingerprint density at radius 3 is 2.59 bits per heavy atom. The van der Waals surface area contributed by atoms with E-state index in [9.17, 15) is 9.18 Å². The molecule has 2 aromatic carbocycles. The number of aliphatic hydroxyl groups excluding tert-OH is 1. The number of nitrogens with two attached hydrogens (primary N) is 1. The van der Waals surface area contributed by atoms with Crippen LogP contribution in [0.3, 0.4) is 0 Å². The van der Waals surface area contributed by atoms with Crippen molar-refractivity contribution in [2.45, 2.75) is 13.5 Å². The molecule has 1 amide bonds. The van der Waals surface area contributed by atoms with E-state index < -0.39 is 17.5 Å². The first-order chi connectivity index (χ1) is 12.8. The van der Waals surface area contributed by atoms with Crippen LogP contribution in [0.1, 0.15) is 11.1 Å². The summed E-state index contributed by atoms with van der Waals surface area (Å²) in [6, 6.07) is 10.5. The third kappa shape index (κ3) is 6.99. The predicted molar refractivity (Wildman–Crippen MR) is 106 cm³/mol. The minimum Gasteiger partial charge on any atom is -0.502 e. The quantitative estimate of drug-likeness (QED) is 0.405. The van der Waals surface area contributed by atoms with Crippen LogP contribution in [0, 0.1) is 12.7 Å². The van der Waals surface area contributed by atoms with Gasteiger partial charge in [0.1, 0.15) is 11.6 Å². The van der Waals surface area contributed by atoms with Gasteiger partial charge < -0.3 is 20.9 Å². The Balaban J connectivity index is 0.000000387. The number of anilines is 1. The Hall–Kier alpha value is -3.06. The number of aliphatic imine (C=N–C) groups is 1. The van der Waals surface area contributed by atoms with Crippen LogP contribution >= 0.6 is 11.6 Å². The zero-order valence-corrected chi connectivity index (χ0v) is 15.8. The third-order valence-electron chi connectivity index (χ3n) is 3.42. The number of carbonyl (C=O) groups is 1. The average Bonchev–Trinajstić information content (AvgIpc) is 2.68. The Kier molecular flexibility index (Phi) is 8.81. The number of halogens is 2. The highest BCUT2D eigenvalue weighted by molar-refractivity contribution is 6.30. The lowest BCUT2D eigenvalue weighted by Crippen LogP contribution is -2.01. The number of nitrogens with zero attached hydrogens (tertiary/aromatic N) is 1. The predicted octanol–water partition coefficient (Wildman–Crippen LogP) is 3.98. The molecule has 0 bridgehead atoms. The van der Waals surface area contributed by atoms with Crippen LogP contribution in [-0.4, -0.2) is 24.8 Å². The SMILES string of the molecule is C=NC(=O)/C(O)=C\N.COc1ccc(NCc2ccc(F)c(Cl)c2)c(C)c1. The van der Waals surface area contributed by atoms with Crippen molar-refractivity contribution < 1.29 is 19.0 Å². The summed E-state index contributed by atoms with van der Waals surface area (Å²) < 4.78 is 18.2. The van der Waals surface area contributed by atoms with Gasteiger partial charge in [0, 0.05) is 18.4 Å². The number of benzene rings is 2. The standard InChI is InChI=1S/C15H15ClFNO.C4H6N2O2/c1-10-7-12(19-2)4-6-15(10)18-9-11-3-5-14(17)13(16)8-11;1-6-4(8)3(7)2-5/h3-8,18H,9H2,1-2H3;2,7H,1,5H2/b;3-2+. The van der Waals surface area contributed by atoms with Crippen LogP contribution < -0.4 is 15.8 Å². The summed E-state index contributed by atoms with van der Waals surface area (Å²) in [6.07, 6.45) is 0.761. The van der Waals surface area contributed by atoms with E-state index in [1.807, 2.05) is 25.1 Å². The normalized spacial score (nSPS) is 10.4. The van der Waals surface area contributed by atoms with Gasteiger partial charge in [0.15, 0.2) is 5.76 Å². The van der Waals surface area contributed by atoms with Gasteiger partial charge in [-0.3, -0.25) is 4.79 Å². The number of amides is 1. The number of aryl methyl sites for hydroxylation is 1. The third-order valence-corrected chi connectivity index (χ3v) is 3.71. The number of ether oxygens (including phenoxy) is 1. The Morgan fingerprint density at radius 2 is 2.11 bits per heavy atom. The fraction of sp³-hybridized carbons (Fsp3) is 0.158. The summed E-state index contributed by atoms with van der Waals surface area (Å²) in [6.45, 7) is 5.47. The van der Waals surface area contributed by atoms with Gasteiger partial charge in [-0.2, -0.15) is 0 Å². The second-order valence-corrected chi connectivity index (χ2v) is 5.71. The van der Waals surface area contributed by atoms with Crippen LogP contribution in [0.2, 0.25) is 5.02 Å². The molecule has 6 nitrogen and oxygen atoms in total. The van der Waals surface area contributed by atoms with Crippen LogP contribution in [0.4, 0.5) is 10.1 Å². The van der Waals surface area contributed by atoms with Crippen molar-refractivity contribution in [2.24, 2.45) is 10.7 Å². The van der Waals surface area contributed by atoms with Gasteiger partial charge in [-0.15, -0.1) is 0 Å². The summed E-state index contributed by atoms with van der Waals surface area (Å²) in [7, 11) is 1.64. The molecule has 0 saturated heterocycles. The lowest BCUT2D eigenvalue weighted by molar-refractivity contribution is -0.116. The van der Waals surface area contributed by atoms with E-state index in [4.69, 9.17) is 27.2 Å². The fourth-order valence-electron chi connectivity index (χ4n) is 1.96. The van der Waals surface area contributed by atoms with Crippen molar-refractivity contribution in [3.8, 4) is 5.75 Å². The van der Waals surface area contributed by atoms with Crippen LogP contribution in [-0.2, 0) is 11.3 Å². The second-order valence-electron chi connectivity index (χ2n) is 5.30. The highest BCUT2D eigenvalue weighted by atomic mass is 35.5. The Labute approximate surface area is 162 Å². The number of rotatable bonds is 5. The minimum atomic E-state index is -0.813. The summed E-state index contributed by atoms with van der Waals surface area (Å²) in [4.78, 5) is 13.0. The highest BCUT2D eigenvalue weighted by Gasteiger charge is 2.03.